The Kier molecular flexibility index (Phi) is 5.00. The van der Waals surface area contributed by atoms with Gasteiger partial charge in [-0.1, -0.05) is 0 Å². The number of rotatable bonds is 5. The summed E-state index contributed by atoms with van der Waals surface area (Å²) >= 11 is 0. The second kappa shape index (κ2) is 7.04. The Morgan fingerprint density at radius 2 is 2.00 bits per heavy atom. The van der Waals surface area contributed by atoms with Crippen molar-refractivity contribution in [1.29, 1.82) is 0 Å². The SMILES string of the molecule is CC(C)n1cnc(S(=O)(=O)N2CCCC(Oc3ncc(F)cn3)C2)c1. The van der Waals surface area contributed by atoms with Crippen LogP contribution in [0.2, 0.25) is 0 Å². The van der Waals surface area contributed by atoms with E-state index in [0.29, 0.717) is 19.4 Å². The molecule has 2 aromatic rings. The Bertz CT molecular complexity index is 822. The van der Waals surface area contributed by atoms with Crippen molar-refractivity contribution in [3.63, 3.8) is 0 Å². The van der Waals surface area contributed by atoms with Crippen LogP contribution in [-0.2, 0) is 10.0 Å². The third kappa shape index (κ3) is 3.96. The van der Waals surface area contributed by atoms with Gasteiger partial charge in [0.25, 0.3) is 10.0 Å². The Hall–Kier alpha value is -2.07. The van der Waals surface area contributed by atoms with Crippen LogP contribution in [0.15, 0.2) is 29.9 Å². The van der Waals surface area contributed by atoms with Gasteiger partial charge < -0.3 is 9.30 Å². The zero-order valence-electron chi connectivity index (χ0n) is 14.0. The second-order valence-corrected chi connectivity index (χ2v) is 8.07. The summed E-state index contributed by atoms with van der Waals surface area (Å²) in [5.74, 6) is -0.555. The largest absolute Gasteiger partial charge is 0.459 e. The van der Waals surface area contributed by atoms with Gasteiger partial charge in [0.1, 0.15) is 6.10 Å². The van der Waals surface area contributed by atoms with Crippen molar-refractivity contribution in [2.24, 2.45) is 0 Å². The quantitative estimate of drug-likeness (QED) is 0.796. The minimum Gasteiger partial charge on any atom is -0.459 e. The monoisotopic (exact) mass is 369 g/mol. The molecule has 1 fully saturated rings. The number of hydrogen-bond acceptors (Lipinski definition) is 6. The summed E-state index contributed by atoms with van der Waals surface area (Å²) in [6, 6.07) is 0.166. The number of piperidine rings is 1. The van der Waals surface area contributed by atoms with Crippen molar-refractivity contribution in [2.75, 3.05) is 13.1 Å². The third-order valence-electron chi connectivity index (χ3n) is 3.99. The Balaban J connectivity index is 1.72. The third-order valence-corrected chi connectivity index (χ3v) is 5.74. The van der Waals surface area contributed by atoms with E-state index in [1.807, 2.05) is 13.8 Å². The van der Waals surface area contributed by atoms with E-state index >= 15 is 0 Å². The maximum Gasteiger partial charge on any atom is 0.316 e. The number of halogens is 1. The predicted octanol–water partition coefficient (Wildman–Crippen LogP) is 1.63. The van der Waals surface area contributed by atoms with Gasteiger partial charge in [-0.3, -0.25) is 0 Å². The standard InChI is InChI=1S/C15H20FN5O3S/c1-11(2)20-9-14(19-10-20)25(22,23)21-5-3-4-13(8-21)24-15-17-6-12(16)7-18-15/h6-7,9-11,13H,3-5,8H2,1-2H3. The number of imidazole rings is 1. The zero-order valence-corrected chi connectivity index (χ0v) is 14.9. The fourth-order valence-corrected chi connectivity index (χ4v) is 4.03. The summed E-state index contributed by atoms with van der Waals surface area (Å²) in [6.45, 7) is 4.48. The molecule has 0 radical (unpaired) electrons. The average Bonchev–Trinajstić information content (AvgIpc) is 3.08. The first kappa shape index (κ1) is 17.7. The summed E-state index contributed by atoms with van der Waals surface area (Å²) < 4.78 is 47.1. The fourth-order valence-electron chi connectivity index (χ4n) is 2.60. The van der Waals surface area contributed by atoms with Crippen molar-refractivity contribution in [3.8, 4) is 6.01 Å². The number of ether oxygens (including phenoxy) is 1. The van der Waals surface area contributed by atoms with E-state index < -0.39 is 15.8 Å². The van der Waals surface area contributed by atoms with Crippen LogP contribution in [0, 0.1) is 5.82 Å². The van der Waals surface area contributed by atoms with Gasteiger partial charge in [-0.25, -0.2) is 27.8 Å². The van der Waals surface area contributed by atoms with E-state index in [1.165, 1.54) is 16.8 Å². The van der Waals surface area contributed by atoms with E-state index in [9.17, 15) is 12.8 Å². The molecule has 1 atom stereocenters. The number of nitrogens with zero attached hydrogens (tertiary/aromatic N) is 5. The van der Waals surface area contributed by atoms with Crippen LogP contribution < -0.4 is 4.74 Å². The second-order valence-electron chi connectivity index (χ2n) is 6.18. The minimum absolute atomic E-state index is 0.0277. The first-order chi connectivity index (χ1) is 11.9. The Morgan fingerprint density at radius 1 is 1.28 bits per heavy atom. The molecule has 3 rings (SSSR count). The van der Waals surface area contributed by atoms with Crippen LogP contribution in [-0.4, -0.2) is 51.4 Å². The molecule has 25 heavy (non-hydrogen) atoms. The van der Waals surface area contributed by atoms with Gasteiger partial charge in [0.05, 0.1) is 25.3 Å². The van der Waals surface area contributed by atoms with Crippen molar-refractivity contribution >= 4 is 10.0 Å². The van der Waals surface area contributed by atoms with Crippen molar-refractivity contribution in [1.82, 2.24) is 23.8 Å². The lowest BCUT2D eigenvalue weighted by molar-refractivity contribution is 0.118. The van der Waals surface area contributed by atoms with Crippen LogP contribution >= 0.6 is 0 Å². The smallest absolute Gasteiger partial charge is 0.316 e. The van der Waals surface area contributed by atoms with Crippen molar-refractivity contribution in [2.45, 2.75) is 43.9 Å². The highest BCUT2D eigenvalue weighted by molar-refractivity contribution is 7.89. The summed E-state index contributed by atoms with van der Waals surface area (Å²) in [4.78, 5) is 11.5. The Labute approximate surface area is 145 Å². The van der Waals surface area contributed by atoms with Gasteiger partial charge in [0, 0.05) is 18.8 Å². The Morgan fingerprint density at radius 3 is 2.64 bits per heavy atom. The number of hydrogen-bond donors (Lipinski definition) is 0. The number of aromatic nitrogens is 4. The molecule has 0 spiro atoms. The van der Waals surface area contributed by atoms with Gasteiger partial charge in [0.15, 0.2) is 10.8 Å². The summed E-state index contributed by atoms with van der Waals surface area (Å²) in [5.41, 5.74) is 0. The van der Waals surface area contributed by atoms with Crippen LogP contribution in [0.4, 0.5) is 4.39 Å². The highest BCUT2D eigenvalue weighted by atomic mass is 32.2. The highest BCUT2D eigenvalue weighted by Crippen LogP contribution is 2.22. The first-order valence-corrected chi connectivity index (χ1v) is 9.48. The van der Waals surface area contributed by atoms with Gasteiger partial charge in [-0.15, -0.1) is 0 Å². The van der Waals surface area contributed by atoms with Crippen molar-refractivity contribution in [3.05, 3.63) is 30.7 Å². The number of sulfonamides is 1. The molecule has 0 saturated carbocycles. The first-order valence-electron chi connectivity index (χ1n) is 8.04. The molecule has 0 amide bonds. The molecule has 0 aromatic carbocycles. The van der Waals surface area contributed by atoms with Crippen molar-refractivity contribution < 1.29 is 17.5 Å². The lowest BCUT2D eigenvalue weighted by Gasteiger charge is -2.30. The molecule has 1 unspecified atom stereocenters. The minimum atomic E-state index is -3.69. The summed E-state index contributed by atoms with van der Waals surface area (Å²) in [6.07, 6.45) is 6.01. The van der Waals surface area contributed by atoms with Crippen LogP contribution in [0.5, 0.6) is 6.01 Å². The molecule has 1 aliphatic rings. The molecule has 10 heteroatoms. The topological polar surface area (TPSA) is 90.2 Å². The lowest BCUT2D eigenvalue weighted by atomic mass is 10.1. The van der Waals surface area contributed by atoms with Gasteiger partial charge in [-0.2, -0.15) is 4.31 Å². The van der Waals surface area contributed by atoms with E-state index in [2.05, 4.69) is 15.0 Å². The maximum atomic E-state index is 12.9. The maximum absolute atomic E-state index is 12.9. The van der Waals surface area contributed by atoms with Crippen LogP contribution in [0.25, 0.3) is 0 Å². The molecular formula is C15H20FN5O3S. The van der Waals surface area contributed by atoms with Crippen LogP contribution in [0.1, 0.15) is 32.7 Å². The summed E-state index contributed by atoms with van der Waals surface area (Å²) in [5, 5.41) is 0.0277. The van der Waals surface area contributed by atoms with E-state index in [-0.39, 0.29) is 29.7 Å². The van der Waals surface area contributed by atoms with Gasteiger partial charge in [-0.05, 0) is 26.7 Å². The molecule has 136 valence electrons. The molecule has 2 aromatic heterocycles. The van der Waals surface area contributed by atoms with Gasteiger partial charge in [0.2, 0.25) is 0 Å². The lowest BCUT2D eigenvalue weighted by Crippen LogP contribution is -2.44. The fraction of sp³-hybridized carbons (Fsp3) is 0.533. The highest BCUT2D eigenvalue weighted by Gasteiger charge is 2.33. The molecule has 0 bridgehead atoms. The predicted molar refractivity (Wildman–Crippen MR) is 87.0 cm³/mol. The van der Waals surface area contributed by atoms with E-state index in [4.69, 9.17) is 4.74 Å². The van der Waals surface area contributed by atoms with E-state index in [0.717, 1.165) is 12.4 Å². The molecule has 0 aliphatic carbocycles. The molecule has 1 aliphatic heterocycles. The summed E-state index contributed by atoms with van der Waals surface area (Å²) in [7, 11) is -3.69. The molecule has 0 N–H and O–H groups in total. The molecule has 3 heterocycles. The average molecular weight is 369 g/mol. The molecular weight excluding hydrogens is 349 g/mol. The van der Waals surface area contributed by atoms with Crippen LogP contribution in [0.3, 0.4) is 0 Å². The van der Waals surface area contributed by atoms with Gasteiger partial charge >= 0.3 is 6.01 Å². The molecule has 1 saturated heterocycles. The normalized spacial score (nSPS) is 19.3. The molecule has 8 nitrogen and oxygen atoms in total. The van der Waals surface area contributed by atoms with E-state index in [1.54, 1.807) is 4.57 Å². The zero-order chi connectivity index (χ0) is 18.0.